The van der Waals surface area contributed by atoms with Gasteiger partial charge in [-0.1, -0.05) is 39.0 Å². The van der Waals surface area contributed by atoms with Crippen LogP contribution in [-0.4, -0.2) is 43.4 Å². The molecule has 0 saturated carbocycles. The van der Waals surface area contributed by atoms with Crippen molar-refractivity contribution >= 4 is 5.91 Å². The lowest BCUT2D eigenvalue weighted by Crippen LogP contribution is -2.42. The van der Waals surface area contributed by atoms with Crippen molar-refractivity contribution in [2.75, 3.05) is 27.7 Å². The zero-order valence-electron chi connectivity index (χ0n) is 14.2. The molecule has 0 fully saturated rings. The predicted octanol–water partition coefficient (Wildman–Crippen LogP) is 2.99. The fraction of sp³-hybridized carbons (Fsp3) is 0.611. The average Bonchev–Trinajstić information content (AvgIpc) is 2.45. The second-order valence-corrected chi connectivity index (χ2v) is 7.02. The maximum absolute atomic E-state index is 12.5. The van der Waals surface area contributed by atoms with Gasteiger partial charge in [0.05, 0.1) is 0 Å². The summed E-state index contributed by atoms with van der Waals surface area (Å²) in [6.07, 6.45) is 2.14. The van der Waals surface area contributed by atoms with Crippen LogP contribution in [-0.2, 0) is 16.6 Å². The van der Waals surface area contributed by atoms with Gasteiger partial charge in [0.2, 0.25) is 5.91 Å². The Bertz CT molecular complexity index is 534. The van der Waals surface area contributed by atoms with E-state index in [0.29, 0.717) is 0 Å². The van der Waals surface area contributed by atoms with Crippen LogP contribution in [0, 0.1) is 0 Å². The van der Waals surface area contributed by atoms with Crippen LogP contribution in [0.1, 0.15) is 49.9 Å². The van der Waals surface area contributed by atoms with Gasteiger partial charge in [0.25, 0.3) is 0 Å². The summed E-state index contributed by atoms with van der Waals surface area (Å²) in [6, 6.07) is 6.56. The van der Waals surface area contributed by atoms with Crippen molar-refractivity contribution in [3.8, 4) is 0 Å². The summed E-state index contributed by atoms with van der Waals surface area (Å²) < 4.78 is 0. The van der Waals surface area contributed by atoms with Gasteiger partial charge in [0.15, 0.2) is 0 Å². The molecule has 1 heterocycles. The third kappa shape index (κ3) is 2.98. The topological polar surface area (TPSA) is 23.6 Å². The Balaban J connectivity index is 2.44. The number of carbonyl (C=O) groups is 1. The van der Waals surface area contributed by atoms with Crippen LogP contribution < -0.4 is 0 Å². The first kappa shape index (κ1) is 16.0. The number of likely N-dealkylation sites (N-methyl/N-ethyl adjacent to an activating group) is 2. The van der Waals surface area contributed by atoms with Crippen molar-refractivity contribution < 1.29 is 4.79 Å². The molecule has 0 saturated heterocycles. The number of fused-ring (bicyclic) bond motifs is 1. The molecule has 1 aliphatic heterocycles. The van der Waals surface area contributed by atoms with E-state index in [9.17, 15) is 4.79 Å². The van der Waals surface area contributed by atoms with Gasteiger partial charge in [-0.2, -0.15) is 0 Å². The van der Waals surface area contributed by atoms with Gasteiger partial charge < -0.3 is 4.90 Å². The summed E-state index contributed by atoms with van der Waals surface area (Å²) >= 11 is 0. The van der Waals surface area contributed by atoms with E-state index < -0.39 is 0 Å². The van der Waals surface area contributed by atoms with Crippen molar-refractivity contribution in [3.05, 3.63) is 34.9 Å². The Kier molecular flexibility index (Phi) is 4.43. The van der Waals surface area contributed by atoms with Crippen LogP contribution in [0.25, 0.3) is 0 Å². The molecule has 1 aliphatic rings. The Morgan fingerprint density at radius 1 is 1.38 bits per heavy atom. The molecule has 1 aromatic rings. The fourth-order valence-corrected chi connectivity index (χ4v) is 2.94. The molecule has 1 atom stereocenters. The van der Waals surface area contributed by atoms with Gasteiger partial charge >= 0.3 is 0 Å². The zero-order valence-corrected chi connectivity index (χ0v) is 14.2. The Labute approximate surface area is 128 Å². The van der Waals surface area contributed by atoms with Crippen LogP contribution in [0.2, 0.25) is 0 Å². The van der Waals surface area contributed by atoms with Gasteiger partial charge in [-0.15, -0.1) is 0 Å². The zero-order chi connectivity index (χ0) is 15.8. The molecule has 0 aliphatic carbocycles. The molecule has 0 bridgehead atoms. The minimum atomic E-state index is -0.137. The van der Waals surface area contributed by atoms with Crippen molar-refractivity contribution in [2.24, 2.45) is 0 Å². The summed E-state index contributed by atoms with van der Waals surface area (Å²) in [6.45, 7) is 7.73. The number of nitrogens with zero attached hydrogens (tertiary/aromatic N) is 2. The number of hydrogen-bond acceptors (Lipinski definition) is 2. The summed E-state index contributed by atoms with van der Waals surface area (Å²) in [5.41, 5.74) is 4.09. The number of carbonyl (C=O) groups excluding carboxylic acids is 1. The van der Waals surface area contributed by atoms with E-state index in [4.69, 9.17) is 0 Å². The predicted molar refractivity (Wildman–Crippen MR) is 87.5 cm³/mol. The smallest absolute Gasteiger partial charge is 0.244 e. The maximum Gasteiger partial charge on any atom is 0.244 e. The van der Waals surface area contributed by atoms with Crippen LogP contribution in [0.3, 0.4) is 0 Å². The highest BCUT2D eigenvalue weighted by molar-refractivity contribution is 5.83. The molecule has 3 nitrogen and oxygen atoms in total. The van der Waals surface area contributed by atoms with E-state index in [1.54, 1.807) is 4.90 Å². The van der Waals surface area contributed by atoms with Crippen LogP contribution >= 0.6 is 0 Å². The largest absolute Gasteiger partial charge is 0.347 e. The van der Waals surface area contributed by atoms with E-state index in [2.05, 4.69) is 43.9 Å². The molecule has 0 N–H and O–H groups in total. The van der Waals surface area contributed by atoms with Crippen LogP contribution in [0.5, 0.6) is 0 Å². The van der Waals surface area contributed by atoms with Crippen LogP contribution in [0.15, 0.2) is 18.2 Å². The molecule has 1 aromatic carbocycles. The summed E-state index contributed by atoms with van der Waals surface area (Å²) in [5.74, 6) is 0.168. The number of benzene rings is 1. The van der Waals surface area contributed by atoms with E-state index >= 15 is 0 Å². The lowest BCUT2D eigenvalue weighted by molar-refractivity contribution is -0.134. The molecule has 0 aromatic heterocycles. The SMILES string of the molecule is CCC(C)(C)c1ccc2c(c1)CCN(C)C2C(=O)N(C)C. The maximum atomic E-state index is 12.5. The van der Waals surface area contributed by atoms with Gasteiger partial charge in [-0.25, -0.2) is 0 Å². The highest BCUT2D eigenvalue weighted by atomic mass is 16.2. The van der Waals surface area contributed by atoms with Crippen molar-refractivity contribution in [1.29, 1.82) is 0 Å². The minimum absolute atomic E-state index is 0.137. The van der Waals surface area contributed by atoms with E-state index in [-0.39, 0.29) is 17.4 Å². The summed E-state index contributed by atoms with van der Waals surface area (Å²) in [4.78, 5) is 16.3. The molecule has 1 amide bonds. The highest BCUT2D eigenvalue weighted by Crippen LogP contribution is 2.34. The Morgan fingerprint density at radius 2 is 2.05 bits per heavy atom. The van der Waals surface area contributed by atoms with Gasteiger partial charge in [-0.3, -0.25) is 9.69 Å². The first-order valence-electron chi connectivity index (χ1n) is 7.82. The number of hydrogen-bond donors (Lipinski definition) is 0. The van der Waals surface area contributed by atoms with Crippen molar-refractivity contribution in [1.82, 2.24) is 9.80 Å². The molecule has 0 spiro atoms. The Hall–Kier alpha value is -1.35. The van der Waals surface area contributed by atoms with Gasteiger partial charge in [0, 0.05) is 20.6 Å². The summed E-state index contributed by atoms with van der Waals surface area (Å²) in [5, 5.41) is 0. The standard InChI is InChI=1S/C18H28N2O/c1-7-18(2,3)14-8-9-15-13(12-14)10-11-20(6)16(15)17(21)19(4)5/h8-9,12,16H,7,10-11H2,1-6H3. The molecule has 3 heteroatoms. The van der Waals surface area contributed by atoms with Crippen molar-refractivity contribution in [2.45, 2.75) is 45.1 Å². The third-order valence-corrected chi connectivity index (χ3v) is 4.95. The molecule has 1 unspecified atom stereocenters. The number of rotatable bonds is 3. The van der Waals surface area contributed by atoms with Crippen LogP contribution in [0.4, 0.5) is 0 Å². The van der Waals surface area contributed by atoms with Gasteiger partial charge in [-0.05, 0) is 42.0 Å². The van der Waals surface area contributed by atoms with E-state index in [1.165, 1.54) is 16.7 Å². The average molecular weight is 288 g/mol. The Morgan fingerprint density at radius 3 is 2.62 bits per heavy atom. The van der Waals surface area contributed by atoms with Crippen molar-refractivity contribution in [3.63, 3.8) is 0 Å². The quantitative estimate of drug-likeness (QED) is 0.853. The van der Waals surface area contributed by atoms with E-state index in [0.717, 1.165) is 19.4 Å². The monoisotopic (exact) mass is 288 g/mol. The molecule has 2 rings (SSSR count). The van der Waals surface area contributed by atoms with Gasteiger partial charge in [0.1, 0.15) is 6.04 Å². The lowest BCUT2D eigenvalue weighted by Gasteiger charge is -2.36. The first-order chi connectivity index (χ1) is 9.77. The fourth-order valence-electron chi connectivity index (χ4n) is 2.94. The highest BCUT2D eigenvalue weighted by Gasteiger charge is 2.32. The first-order valence-corrected chi connectivity index (χ1v) is 7.82. The normalized spacial score (nSPS) is 19.2. The summed E-state index contributed by atoms with van der Waals surface area (Å²) in [7, 11) is 5.71. The molecule has 0 radical (unpaired) electrons. The molecular weight excluding hydrogens is 260 g/mol. The second-order valence-electron chi connectivity index (χ2n) is 7.02. The molecule has 21 heavy (non-hydrogen) atoms. The second kappa shape index (κ2) is 5.80. The third-order valence-electron chi connectivity index (χ3n) is 4.95. The molecular formula is C18H28N2O. The lowest BCUT2D eigenvalue weighted by atomic mass is 9.79. The number of amides is 1. The molecule has 116 valence electrons. The van der Waals surface area contributed by atoms with E-state index in [1.807, 2.05) is 21.1 Å². The minimum Gasteiger partial charge on any atom is -0.347 e.